The summed E-state index contributed by atoms with van der Waals surface area (Å²) in [5.41, 5.74) is 3.37. The van der Waals surface area contributed by atoms with Gasteiger partial charge in [-0.15, -0.1) is 0 Å². The van der Waals surface area contributed by atoms with Crippen LogP contribution in [0.3, 0.4) is 0 Å². The molecular formula is C19H14BrFO. The number of ether oxygens (including phenoxy) is 1. The van der Waals surface area contributed by atoms with Crippen molar-refractivity contribution in [1.29, 1.82) is 0 Å². The second-order valence-corrected chi connectivity index (χ2v) is 5.73. The lowest BCUT2D eigenvalue weighted by Gasteiger charge is -2.13. The number of benzene rings is 3. The molecule has 0 spiro atoms. The third-order valence-electron chi connectivity index (χ3n) is 3.54. The van der Waals surface area contributed by atoms with Crippen LogP contribution in [0.15, 0.2) is 71.2 Å². The summed E-state index contributed by atoms with van der Waals surface area (Å²) in [6.07, 6.45) is 0. The second-order valence-electron chi connectivity index (χ2n) is 4.88. The Hall–Kier alpha value is -2.13. The normalized spacial score (nSPS) is 10.5. The third kappa shape index (κ3) is 2.77. The van der Waals surface area contributed by atoms with Crippen LogP contribution in [0.2, 0.25) is 0 Å². The average molecular weight is 357 g/mol. The van der Waals surface area contributed by atoms with Crippen molar-refractivity contribution in [2.45, 2.75) is 0 Å². The van der Waals surface area contributed by atoms with Crippen LogP contribution in [-0.2, 0) is 0 Å². The van der Waals surface area contributed by atoms with Crippen LogP contribution >= 0.6 is 15.9 Å². The maximum absolute atomic E-state index is 14.2. The summed E-state index contributed by atoms with van der Waals surface area (Å²) in [5.74, 6) is 0.368. The lowest BCUT2D eigenvalue weighted by molar-refractivity contribution is 0.416. The monoisotopic (exact) mass is 356 g/mol. The van der Waals surface area contributed by atoms with Crippen LogP contribution in [0, 0.1) is 5.82 Å². The molecule has 0 amide bonds. The topological polar surface area (TPSA) is 9.23 Å². The molecule has 3 aromatic carbocycles. The van der Waals surface area contributed by atoms with Gasteiger partial charge in [-0.1, -0.05) is 58.4 Å². The number of halogens is 2. The lowest BCUT2D eigenvalue weighted by Crippen LogP contribution is -1.92. The predicted octanol–water partition coefficient (Wildman–Crippen LogP) is 5.93. The van der Waals surface area contributed by atoms with Gasteiger partial charge < -0.3 is 4.74 Å². The molecule has 3 heteroatoms. The van der Waals surface area contributed by atoms with Crippen molar-refractivity contribution < 1.29 is 9.13 Å². The van der Waals surface area contributed by atoms with Gasteiger partial charge in [0.15, 0.2) is 0 Å². The van der Waals surface area contributed by atoms with Crippen molar-refractivity contribution in [2.75, 3.05) is 7.11 Å². The number of methoxy groups -OCH3 is 1. The zero-order valence-corrected chi connectivity index (χ0v) is 13.6. The minimum atomic E-state index is -0.278. The first-order valence-corrected chi connectivity index (χ1v) is 7.68. The van der Waals surface area contributed by atoms with Crippen LogP contribution in [-0.4, -0.2) is 7.11 Å². The summed E-state index contributed by atoms with van der Waals surface area (Å²) in [7, 11) is 1.60. The van der Waals surface area contributed by atoms with Gasteiger partial charge in [-0.3, -0.25) is 0 Å². The van der Waals surface area contributed by atoms with Gasteiger partial charge in [-0.2, -0.15) is 0 Å². The number of rotatable bonds is 3. The van der Waals surface area contributed by atoms with Gasteiger partial charge in [0.05, 0.1) is 7.11 Å². The Bertz CT molecular complexity index is 780. The Balaban J connectivity index is 2.15. The van der Waals surface area contributed by atoms with E-state index in [1.165, 1.54) is 6.07 Å². The molecule has 0 aliphatic rings. The molecule has 0 aliphatic heterocycles. The Morgan fingerprint density at radius 1 is 0.864 bits per heavy atom. The molecule has 22 heavy (non-hydrogen) atoms. The minimum absolute atomic E-state index is 0.278. The summed E-state index contributed by atoms with van der Waals surface area (Å²) in [5, 5.41) is 0. The van der Waals surface area contributed by atoms with Gasteiger partial charge in [0.25, 0.3) is 0 Å². The fourth-order valence-corrected chi connectivity index (χ4v) is 3.02. The molecule has 0 N–H and O–H groups in total. The summed E-state index contributed by atoms with van der Waals surface area (Å²) in [6.45, 7) is 0. The zero-order chi connectivity index (χ0) is 15.5. The molecule has 0 saturated heterocycles. The first kappa shape index (κ1) is 14.8. The van der Waals surface area contributed by atoms with E-state index in [4.69, 9.17) is 4.74 Å². The van der Waals surface area contributed by atoms with Crippen LogP contribution in [0.25, 0.3) is 22.3 Å². The Morgan fingerprint density at radius 3 is 2.32 bits per heavy atom. The molecule has 0 unspecified atom stereocenters. The number of hydrogen-bond acceptors (Lipinski definition) is 1. The van der Waals surface area contributed by atoms with E-state index in [1.807, 2.05) is 54.6 Å². The molecule has 0 radical (unpaired) electrons. The van der Waals surface area contributed by atoms with Crippen molar-refractivity contribution in [2.24, 2.45) is 0 Å². The van der Waals surface area contributed by atoms with Crippen molar-refractivity contribution in [1.82, 2.24) is 0 Å². The smallest absolute Gasteiger partial charge is 0.132 e. The van der Waals surface area contributed by atoms with E-state index in [0.717, 1.165) is 16.7 Å². The quantitative estimate of drug-likeness (QED) is 0.564. The molecule has 0 aromatic heterocycles. The largest absolute Gasteiger partial charge is 0.496 e. The Kier molecular flexibility index (Phi) is 4.25. The van der Waals surface area contributed by atoms with E-state index in [-0.39, 0.29) is 5.82 Å². The first-order valence-electron chi connectivity index (χ1n) is 6.88. The highest BCUT2D eigenvalue weighted by Gasteiger charge is 2.14. The van der Waals surface area contributed by atoms with Crippen LogP contribution in [0.1, 0.15) is 0 Å². The summed E-state index contributed by atoms with van der Waals surface area (Å²) < 4.78 is 20.4. The highest BCUT2D eigenvalue weighted by Crippen LogP contribution is 2.39. The fourth-order valence-electron chi connectivity index (χ4n) is 2.46. The molecule has 0 bridgehead atoms. The zero-order valence-electron chi connectivity index (χ0n) is 12.0. The standard InChI is InChI=1S/C19H14BrFO/c1-22-18-12-14(13-6-3-2-4-7-13)10-11-15(18)19-16(20)8-5-9-17(19)21/h2-12H,1H3. The van der Waals surface area contributed by atoms with E-state index in [2.05, 4.69) is 15.9 Å². The van der Waals surface area contributed by atoms with Crippen molar-refractivity contribution >= 4 is 15.9 Å². The van der Waals surface area contributed by atoms with Crippen molar-refractivity contribution in [3.63, 3.8) is 0 Å². The first-order chi connectivity index (χ1) is 10.7. The predicted molar refractivity (Wildman–Crippen MR) is 91.5 cm³/mol. The van der Waals surface area contributed by atoms with Gasteiger partial charge in [-0.25, -0.2) is 4.39 Å². The SMILES string of the molecule is COc1cc(-c2ccccc2)ccc1-c1c(F)cccc1Br. The molecule has 3 aromatic rings. The Morgan fingerprint density at radius 2 is 1.64 bits per heavy atom. The summed E-state index contributed by atoms with van der Waals surface area (Å²) in [6, 6.07) is 20.8. The van der Waals surface area contributed by atoms with Crippen LogP contribution in [0.5, 0.6) is 5.75 Å². The molecule has 1 nitrogen and oxygen atoms in total. The highest BCUT2D eigenvalue weighted by atomic mass is 79.9. The third-order valence-corrected chi connectivity index (χ3v) is 4.20. The molecule has 0 atom stereocenters. The van der Waals surface area contributed by atoms with Crippen molar-refractivity contribution in [3.8, 4) is 28.0 Å². The average Bonchev–Trinajstić information content (AvgIpc) is 2.55. The van der Waals surface area contributed by atoms with Crippen LogP contribution in [0.4, 0.5) is 4.39 Å². The second kappa shape index (κ2) is 6.32. The van der Waals surface area contributed by atoms with E-state index in [9.17, 15) is 4.39 Å². The van der Waals surface area contributed by atoms with Gasteiger partial charge in [0.1, 0.15) is 11.6 Å². The molecule has 0 saturated carbocycles. The van der Waals surface area contributed by atoms with Gasteiger partial charge in [0, 0.05) is 15.6 Å². The van der Waals surface area contributed by atoms with Crippen LogP contribution < -0.4 is 4.74 Å². The van der Waals surface area contributed by atoms with E-state index in [1.54, 1.807) is 13.2 Å². The van der Waals surface area contributed by atoms with Crippen molar-refractivity contribution in [3.05, 3.63) is 77.0 Å². The summed E-state index contributed by atoms with van der Waals surface area (Å²) in [4.78, 5) is 0. The maximum Gasteiger partial charge on any atom is 0.132 e. The molecule has 0 heterocycles. The lowest BCUT2D eigenvalue weighted by atomic mass is 9.99. The maximum atomic E-state index is 14.2. The summed E-state index contributed by atoms with van der Waals surface area (Å²) >= 11 is 3.42. The number of hydrogen-bond donors (Lipinski definition) is 0. The Labute approximate surface area is 137 Å². The van der Waals surface area contributed by atoms with E-state index in [0.29, 0.717) is 15.8 Å². The minimum Gasteiger partial charge on any atom is -0.496 e. The van der Waals surface area contributed by atoms with E-state index < -0.39 is 0 Å². The highest BCUT2D eigenvalue weighted by molar-refractivity contribution is 9.10. The fraction of sp³-hybridized carbons (Fsp3) is 0.0526. The van der Waals surface area contributed by atoms with E-state index >= 15 is 0 Å². The molecule has 110 valence electrons. The molecule has 0 aliphatic carbocycles. The van der Waals surface area contributed by atoms with Gasteiger partial charge >= 0.3 is 0 Å². The molecular weight excluding hydrogens is 343 g/mol. The molecule has 0 fully saturated rings. The van der Waals surface area contributed by atoms with Gasteiger partial charge in [0.2, 0.25) is 0 Å². The van der Waals surface area contributed by atoms with Gasteiger partial charge in [-0.05, 0) is 35.4 Å². The molecule has 3 rings (SSSR count).